The molecule has 1 aromatic heterocycles. The topological polar surface area (TPSA) is 75.2 Å². The number of aromatic nitrogens is 2. The fourth-order valence-electron chi connectivity index (χ4n) is 3.68. The fourth-order valence-corrected chi connectivity index (χ4v) is 4.37. The van der Waals surface area contributed by atoms with Gasteiger partial charge in [-0.1, -0.05) is 41.9 Å². The molecule has 2 aromatic rings. The number of nitrogens with one attached hydrogen (secondary N) is 1. The molecule has 0 saturated heterocycles. The highest BCUT2D eigenvalue weighted by Gasteiger charge is 2.39. The van der Waals surface area contributed by atoms with Gasteiger partial charge in [-0.3, -0.25) is 9.59 Å². The summed E-state index contributed by atoms with van der Waals surface area (Å²) in [6.07, 6.45) is 4.39. The molecule has 0 unspecified atom stereocenters. The second-order valence-corrected chi connectivity index (χ2v) is 8.30. The van der Waals surface area contributed by atoms with Crippen LogP contribution >= 0.6 is 23.1 Å². The third-order valence-electron chi connectivity index (χ3n) is 5.38. The van der Waals surface area contributed by atoms with Crippen molar-refractivity contribution in [3.8, 4) is 0 Å². The summed E-state index contributed by atoms with van der Waals surface area (Å²) < 4.78 is 18.6. The highest BCUT2D eigenvalue weighted by Crippen LogP contribution is 2.34. The molecule has 29 heavy (non-hydrogen) atoms. The molecular formula is C20H24ClFN4O2S. The van der Waals surface area contributed by atoms with Gasteiger partial charge in [-0.25, -0.2) is 4.39 Å². The van der Waals surface area contributed by atoms with Crippen LogP contribution < -0.4 is 5.32 Å². The van der Waals surface area contributed by atoms with Crippen LogP contribution in [0.15, 0.2) is 23.6 Å². The van der Waals surface area contributed by atoms with Gasteiger partial charge in [-0.2, -0.15) is 0 Å². The summed E-state index contributed by atoms with van der Waals surface area (Å²) in [5.41, 5.74) is 0.128. The summed E-state index contributed by atoms with van der Waals surface area (Å²) in [6.45, 7) is 3.72. The lowest BCUT2D eigenvalue weighted by Crippen LogP contribution is -2.49. The molecule has 0 radical (unpaired) electrons. The quantitative estimate of drug-likeness (QED) is 0.696. The lowest BCUT2D eigenvalue weighted by Gasteiger charge is -2.36. The predicted octanol–water partition coefficient (Wildman–Crippen LogP) is 4.37. The van der Waals surface area contributed by atoms with E-state index in [0.717, 1.165) is 37.2 Å². The monoisotopic (exact) mass is 438 g/mol. The molecule has 1 saturated carbocycles. The molecule has 1 heterocycles. The summed E-state index contributed by atoms with van der Waals surface area (Å²) in [7, 11) is 0. The Balaban J connectivity index is 2.07. The smallest absolute Gasteiger partial charge is 0.276 e. The number of rotatable bonds is 7. The van der Waals surface area contributed by atoms with Gasteiger partial charge in [0.25, 0.3) is 5.91 Å². The molecular weight excluding hydrogens is 415 g/mol. The van der Waals surface area contributed by atoms with Crippen LogP contribution in [-0.4, -0.2) is 38.4 Å². The molecule has 6 nitrogen and oxygen atoms in total. The maximum Gasteiger partial charge on any atom is 0.276 e. The lowest BCUT2D eigenvalue weighted by atomic mass is 9.99. The van der Waals surface area contributed by atoms with Gasteiger partial charge in [-0.05, 0) is 49.9 Å². The number of nitrogens with zero attached hydrogens (tertiary/aromatic N) is 3. The Morgan fingerprint density at radius 1 is 1.38 bits per heavy atom. The van der Waals surface area contributed by atoms with E-state index in [4.69, 9.17) is 11.6 Å². The van der Waals surface area contributed by atoms with Gasteiger partial charge in [-0.15, -0.1) is 5.10 Å². The van der Waals surface area contributed by atoms with E-state index in [0.29, 0.717) is 6.42 Å². The van der Waals surface area contributed by atoms with E-state index in [9.17, 15) is 14.0 Å². The van der Waals surface area contributed by atoms with Crippen molar-refractivity contribution in [1.82, 2.24) is 19.8 Å². The standard InChI is InChI=1S/C20H24ClFN4O2S/c1-3-12(2)26(20(28)16-11-29-25-24-16)18(17-14(21)9-6-10-15(17)22)19(27)23-13-7-4-5-8-13/h6,9-13,18H,3-5,7-8H2,1-2H3,(H,23,27)/t12-,18-/m1/s1. The van der Waals surface area contributed by atoms with Crippen LogP contribution in [0, 0.1) is 5.82 Å². The maximum absolute atomic E-state index is 14.9. The fraction of sp³-hybridized carbons (Fsp3) is 0.500. The average Bonchev–Trinajstić information content (AvgIpc) is 3.40. The second kappa shape index (κ2) is 9.63. The number of benzene rings is 1. The third-order valence-corrected chi connectivity index (χ3v) is 6.21. The molecule has 0 aliphatic heterocycles. The minimum atomic E-state index is -1.20. The molecule has 1 aliphatic carbocycles. The number of hydrogen-bond donors (Lipinski definition) is 1. The summed E-state index contributed by atoms with van der Waals surface area (Å²) in [4.78, 5) is 28.0. The maximum atomic E-state index is 14.9. The SMILES string of the molecule is CC[C@@H](C)N(C(=O)c1csnn1)[C@@H](C(=O)NC1CCCC1)c1c(F)cccc1Cl. The van der Waals surface area contributed by atoms with E-state index >= 15 is 0 Å². The molecule has 156 valence electrons. The van der Waals surface area contributed by atoms with Crippen LogP contribution in [0.1, 0.15) is 68.0 Å². The second-order valence-electron chi connectivity index (χ2n) is 7.29. The van der Waals surface area contributed by atoms with Gasteiger partial charge in [0, 0.05) is 28.0 Å². The Morgan fingerprint density at radius 2 is 2.10 bits per heavy atom. The molecule has 2 atom stereocenters. The van der Waals surface area contributed by atoms with Gasteiger partial charge >= 0.3 is 0 Å². The van der Waals surface area contributed by atoms with Crippen molar-refractivity contribution in [3.63, 3.8) is 0 Å². The van der Waals surface area contributed by atoms with Gasteiger partial charge < -0.3 is 10.2 Å². The van der Waals surface area contributed by atoms with Crippen LogP contribution in [0.25, 0.3) is 0 Å². The molecule has 1 aliphatic rings. The highest BCUT2D eigenvalue weighted by atomic mass is 35.5. The Kier molecular flexibility index (Phi) is 7.18. The summed E-state index contributed by atoms with van der Waals surface area (Å²) in [6, 6.07) is 2.73. The number of hydrogen-bond acceptors (Lipinski definition) is 5. The number of carbonyl (C=O) groups excluding carboxylic acids is 2. The first kappa shape index (κ1) is 21.6. The number of carbonyl (C=O) groups is 2. The zero-order valence-corrected chi connectivity index (χ0v) is 18.0. The summed E-state index contributed by atoms with van der Waals surface area (Å²) in [5.74, 6) is -1.53. The van der Waals surface area contributed by atoms with Gasteiger partial charge in [0.1, 0.15) is 11.9 Å². The Hall–Kier alpha value is -2.06. The van der Waals surface area contributed by atoms with E-state index in [1.165, 1.54) is 28.5 Å². The van der Waals surface area contributed by atoms with Crippen LogP contribution in [0.4, 0.5) is 4.39 Å². The van der Waals surface area contributed by atoms with Crippen LogP contribution in [-0.2, 0) is 4.79 Å². The Bertz CT molecular complexity index is 838. The molecule has 2 amide bonds. The zero-order chi connectivity index (χ0) is 21.0. The minimum Gasteiger partial charge on any atom is -0.351 e. The van der Waals surface area contributed by atoms with E-state index in [1.807, 2.05) is 13.8 Å². The lowest BCUT2D eigenvalue weighted by molar-refractivity contribution is -0.127. The number of amides is 2. The van der Waals surface area contributed by atoms with Crippen LogP contribution in [0.3, 0.4) is 0 Å². The highest BCUT2D eigenvalue weighted by molar-refractivity contribution is 7.03. The van der Waals surface area contributed by atoms with E-state index < -0.39 is 23.7 Å². The van der Waals surface area contributed by atoms with Gasteiger partial charge in [0.05, 0.1) is 0 Å². The first-order valence-corrected chi connectivity index (χ1v) is 11.0. The first-order chi connectivity index (χ1) is 13.9. The minimum absolute atomic E-state index is 0.00139. The summed E-state index contributed by atoms with van der Waals surface area (Å²) >= 11 is 7.37. The zero-order valence-electron chi connectivity index (χ0n) is 16.4. The van der Waals surface area contributed by atoms with E-state index in [1.54, 1.807) is 0 Å². The van der Waals surface area contributed by atoms with Crippen molar-refractivity contribution in [3.05, 3.63) is 45.7 Å². The van der Waals surface area contributed by atoms with Gasteiger partial charge in [0.2, 0.25) is 5.91 Å². The molecule has 9 heteroatoms. The molecule has 0 bridgehead atoms. The van der Waals surface area contributed by atoms with Crippen LogP contribution in [0.2, 0.25) is 5.02 Å². The van der Waals surface area contributed by atoms with E-state index in [-0.39, 0.29) is 28.4 Å². The van der Waals surface area contributed by atoms with Crippen molar-refractivity contribution >= 4 is 34.9 Å². The third kappa shape index (κ3) is 4.75. The van der Waals surface area contributed by atoms with Crippen LogP contribution in [0.5, 0.6) is 0 Å². The first-order valence-electron chi connectivity index (χ1n) is 9.78. The molecule has 3 rings (SSSR count). The average molecular weight is 439 g/mol. The summed E-state index contributed by atoms with van der Waals surface area (Å²) in [5, 5.41) is 8.48. The molecule has 1 fully saturated rings. The van der Waals surface area contributed by atoms with E-state index in [2.05, 4.69) is 14.9 Å². The Morgan fingerprint density at radius 3 is 2.69 bits per heavy atom. The van der Waals surface area contributed by atoms with Crippen molar-refractivity contribution in [1.29, 1.82) is 0 Å². The van der Waals surface area contributed by atoms with Crippen molar-refractivity contribution in [2.45, 2.75) is 64.1 Å². The van der Waals surface area contributed by atoms with Crippen molar-refractivity contribution in [2.75, 3.05) is 0 Å². The molecule has 0 spiro atoms. The molecule has 1 N–H and O–H groups in total. The van der Waals surface area contributed by atoms with Crippen molar-refractivity contribution < 1.29 is 14.0 Å². The Labute approximate surface area is 178 Å². The molecule has 1 aromatic carbocycles. The number of halogens is 2. The normalized spacial score (nSPS) is 16.4. The predicted molar refractivity (Wildman–Crippen MR) is 110 cm³/mol. The van der Waals surface area contributed by atoms with Gasteiger partial charge in [0.15, 0.2) is 5.69 Å². The van der Waals surface area contributed by atoms with Crippen molar-refractivity contribution in [2.24, 2.45) is 0 Å². The largest absolute Gasteiger partial charge is 0.351 e.